The minimum atomic E-state index is -0.0726. The molecule has 5 heteroatoms. The first-order chi connectivity index (χ1) is 9.72. The predicted octanol–water partition coefficient (Wildman–Crippen LogP) is 2.73. The van der Waals surface area contributed by atoms with Crippen LogP contribution in [0.2, 0.25) is 0 Å². The predicted molar refractivity (Wildman–Crippen MR) is 79.4 cm³/mol. The van der Waals surface area contributed by atoms with Gasteiger partial charge in [0, 0.05) is 12.0 Å². The molecule has 1 rings (SSSR count). The number of ether oxygens (including phenoxy) is 2. The van der Waals surface area contributed by atoms with Crippen LogP contribution < -0.4 is 14.9 Å². The molecule has 110 valence electrons. The minimum absolute atomic E-state index is 0.0726. The third-order valence-corrected chi connectivity index (χ3v) is 2.83. The minimum Gasteiger partial charge on any atom is -0.493 e. The number of unbranched alkanes of at least 4 members (excludes halogenated alkanes) is 2. The summed E-state index contributed by atoms with van der Waals surface area (Å²) in [5.41, 5.74) is 3.26. The molecule has 1 amide bonds. The fourth-order valence-electron chi connectivity index (χ4n) is 1.78. The van der Waals surface area contributed by atoms with Crippen molar-refractivity contribution in [1.29, 1.82) is 0 Å². The van der Waals surface area contributed by atoms with E-state index in [2.05, 4.69) is 17.5 Å². The van der Waals surface area contributed by atoms with Crippen molar-refractivity contribution in [1.82, 2.24) is 5.43 Å². The van der Waals surface area contributed by atoms with E-state index >= 15 is 0 Å². The van der Waals surface area contributed by atoms with Gasteiger partial charge in [-0.15, -0.1) is 0 Å². The first-order valence-corrected chi connectivity index (χ1v) is 6.75. The second kappa shape index (κ2) is 8.96. The Morgan fingerprint density at radius 2 is 2.10 bits per heavy atom. The van der Waals surface area contributed by atoms with E-state index in [0.717, 1.165) is 24.8 Å². The highest BCUT2D eigenvalue weighted by Gasteiger charge is 2.07. The van der Waals surface area contributed by atoms with Gasteiger partial charge in [-0.1, -0.05) is 25.8 Å². The van der Waals surface area contributed by atoms with E-state index in [1.807, 2.05) is 12.1 Å². The number of para-hydroxylation sites is 1. The molecule has 0 fully saturated rings. The SMILES string of the molecule is CCCCCC(=O)NN=Cc1cccc(OC)c1OC. The maximum absolute atomic E-state index is 11.5. The van der Waals surface area contributed by atoms with Gasteiger partial charge in [-0.05, 0) is 18.6 Å². The highest BCUT2D eigenvalue weighted by Crippen LogP contribution is 2.29. The molecule has 0 unspecified atom stereocenters. The van der Waals surface area contributed by atoms with Crippen molar-refractivity contribution in [3.8, 4) is 11.5 Å². The maximum atomic E-state index is 11.5. The van der Waals surface area contributed by atoms with Crippen molar-refractivity contribution < 1.29 is 14.3 Å². The molecule has 0 aromatic heterocycles. The summed E-state index contributed by atoms with van der Waals surface area (Å²) in [5, 5.41) is 3.94. The number of hydrazone groups is 1. The molecule has 0 spiro atoms. The lowest BCUT2D eigenvalue weighted by Gasteiger charge is -2.09. The van der Waals surface area contributed by atoms with Gasteiger partial charge in [0.05, 0.1) is 20.4 Å². The van der Waals surface area contributed by atoms with Crippen LogP contribution >= 0.6 is 0 Å². The fraction of sp³-hybridized carbons (Fsp3) is 0.467. The Hall–Kier alpha value is -2.04. The summed E-state index contributed by atoms with van der Waals surface area (Å²) in [7, 11) is 3.15. The average molecular weight is 278 g/mol. The normalized spacial score (nSPS) is 10.6. The number of hydrogen-bond donors (Lipinski definition) is 1. The third-order valence-electron chi connectivity index (χ3n) is 2.83. The van der Waals surface area contributed by atoms with Gasteiger partial charge in [0.2, 0.25) is 5.91 Å². The van der Waals surface area contributed by atoms with E-state index in [1.165, 1.54) is 0 Å². The lowest BCUT2D eigenvalue weighted by molar-refractivity contribution is -0.121. The van der Waals surface area contributed by atoms with Crippen molar-refractivity contribution in [2.45, 2.75) is 32.6 Å². The number of rotatable bonds is 8. The number of amides is 1. The fourth-order valence-corrected chi connectivity index (χ4v) is 1.78. The van der Waals surface area contributed by atoms with Crippen molar-refractivity contribution >= 4 is 12.1 Å². The molecule has 0 atom stereocenters. The van der Waals surface area contributed by atoms with E-state index < -0.39 is 0 Å². The molecule has 0 aliphatic rings. The number of benzene rings is 1. The molecular weight excluding hydrogens is 256 g/mol. The Morgan fingerprint density at radius 1 is 1.30 bits per heavy atom. The van der Waals surface area contributed by atoms with Crippen LogP contribution in [0, 0.1) is 0 Å². The van der Waals surface area contributed by atoms with Crippen molar-refractivity contribution in [2.24, 2.45) is 5.10 Å². The molecule has 0 saturated carbocycles. The Balaban J connectivity index is 2.60. The van der Waals surface area contributed by atoms with Gasteiger partial charge in [-0.25, -0.2) is 5.43 Å². The summed E-state index contributed by atoms with van der Waals surface area (Å²) in [6, 6.07) is 5.49. The molecule has 0 bridgehead atoms. The van der Waals surface area contributed by atoms with Crippen LogP contribution in [0.15, 0.2) is 23.3 Å². The molecular formula is C15H22N2O3. The summed E-state index contributed by atoms with van der Waals surface area (Å²) in [4.78, 5) is 11.5. The zero-order valence-electron chi connectivity index (χ0n) is 12.3. The average Bonchev–Trinajstić information content (AvgIpc) is 2.47. The van der Waals surface area contributed by atoms with Crippen LogP contribution in [0.3, 0.4) is 0 Å². The Morgan fingerprint density at radius 3 is 2.75 bits per heavy atom. The van der Waals surface area contributed by atoms with Crippen LogP contribution in [-0.2, 0) is 4.79 Å². The monoisotopic (exact) mass is 278 g/mol. The number of nitrogens with zero attached hydrogens (tertiary/aromatic N) is 1. The first kappa shape index (κ1) is 16.0. The highest BCUT2D eigenvalue weighted by molar-refractivity contribution is 5.86. The van der Waals surface area contributed by atoms with Crippen LogP contribution in [0.5, 0.6) is 11.5 Å². The lowest BCUT2D eigenvalue weighted by Crippen LogP contribution is -2.16. The van der Waals surface area contributed by atoms with Crippen molar-refractivity contribution in [3.05, 3.63) is 23.8 Å². The van der Waals surface area contributed by atoms with Crippen LogP contribution in [0.1, 0.15) is 38.2 Å². The van der Waals surface area contributed by atoms with Crippen molar-refractivity contribution in [3.63, 3.8) is 0 Å². The molecule has 0 saturated heterocycles. The zero-order valence-corrected chi connectivity index (χ0v) is 12.3. The van der Waals surface area contributed by atoms with Gasteiger partial charge in [0.25, 0.3) is 0 Å². The molecule has 1 N–H and O–H groups in total. The molecule has 1 aromatic carbocycles. The van der Waals surface area contributed by atoms with E-state index in [-0.39, 0.29) is 5.91 Å². The number of methoxy groups -OCH3 is 2. The second-order valence-electron chi connectivity index (χ2n) is 4.33. The highest BCUT2D eigenvalue weighted by atomic mass is 16.5. The Labute approximate surface area is 120 Å². The van der Waals surface area contributed by atoms with Gasteiger partial charge in [0.1, 0.15) is 0 Å². The van der Waals surface area contributed by atoms with Gasteiger partial charge in [-0.2, -0.15) is 5.10 Å². The van der Waals surface area contributed by atoms with Crippen LogP contribution in [0.4, 0.5) is 0 Å². The summed E-state index contributed by atoms with van der Waals surface area (Å²) in [5.74, 6) is 1.15. The number of carbonyl (C=O) groups excluding carboxylic acids is 1. The zero-order chi connectivity index (χ0) is 14.8. The quantitative estimate of drug-likeness (QED) is 0.452. The summed E-state index contributed by atoms with van der Waals surface area (Å²) in [6.07, 6.45) is 5.10. The number of hydrogen-bond acceptors (Lipinski definition) is 4. The van der Waals surface area contributed by atoms with Crippen LogP contribution in [-0.4, -0.2) is 26.3 Å². The van der Waals surface area contributed by atoms with E-state index in [1.54, 1.807) is 26.5 Å². The van der Waals surface area contributed by atoms with E-state index in [9.17, 15) is 4.79 Å². The lowest BCUT2D eigenvalue weighted by atomic mass is 10.2. The molecule has 0 aliphatic carbocycles. The summed E-state index contributed by atoms with van der Waals surface area (Å²) >= 11 is 0. The molecule has 1 aromatic rings. The summed E-state index contributed by atoms with van der Waals surface area (Å²) in [6.45, 7) is 2.10. The topological polar surface area (TPSA) is 59.9 Å². The Kier molecular flexibility index (Phi) is 7.17. The Bertz CT molecular complexity index is 458. The number of nitrogens with one attached hydrogen (secondary N) is 1. The standard InChI is InChI=1S/C15H22N2O3/c1-4-5-6-10-14(18)17-16-11-12-8-7-9-13(19-2)15(12)20-3/h7-9,11H,4-6,10H2,1-3H3,(H,17,18). The van der Waals surface area contributed by atoms with Gasteiger partial charge in [0.15, 0.2) is 11.5 Å². The molecule has 0 radical (unpaired) electrons. The number of carbonyl (C=O) groups is 1. The molecule has 20 heavy (non-hydrogen) atoms. The van der Waals surface area contributed by atoms with E-state index in [0.29, 0.717) is 17.9 Å². The van der Waals surface area contributed by atoms with Crippen LogP contribution in [0.25, 0.3) is 0 Å². The first-order valence-electron chi connectivity index (χ1n) is 6.75. The van der Waals surface area contributed by atoms with Crippen molar-refractivity contribution in [2.75, 3.05) is 14.2 Å². The van der Waals surface area contributed by atoms with Gasteiger partial charge in [-0.3, -0.25) is 4.79 Å². The van der Waals surface area contributed by atoms with Gasteiger partial charge >= 0.3 is 0 Å². The molecule has 5 nitrogen and oxygen atoms in total. The second-order valence-corrected chi connectivity index (χ2v) is 4.33. The summed E-state index contributed by atoms with van der Waals surface area (Å²) < 4.78 is 10.5. The maximum Gasteiger partial charge on any atom is 0.240 e. The van der Waals surface area contributed by atoms with Gasteiger partial charge < -0.3 is 9.47 Å². The largest absolute Gasteiger partial charge is 0.493 e. The van der Waals surface area contributed by atoms with E-state index in [4.69, 9.17) is 9.47 Å². The molecule has 0 aliphatic heterocycles. The smallest absolute Gasteiger partial charge is 0.240 e. The molecule has 0 heterocycles. The third kappa shape index (κ3) is 4.91.